The number of anilines is 1. The zero-order valence-corrected chi connectivity index (χ0v) is 10.5. The quantitative estimate of drug-likeness (QED) is 0.797. The van der Waals surface area contributed by atoms with Crippen LogP contribution in [0.5, 0.6) is 0 Å². The van der Waals surface area contributed by atoms with E-state index in [0.29, 0.717) is 0 Å². The van der Waals surface area contributed by atoms with E-state index in [1.807, 2.05) is 11.0 Å². The Labute approximate surface area is 107 Å². The van der Waals surface area contributed by atoms with Crippen molar-refractivity contribution in [2.45, 2.75) is 32.4 Å². The zero-order valence-electron chi connectivity index (χ0n) is 10.5. The van der Waals surface area contributed by atoms with Gasteiger partial charge in [-0.2, -0.15) is 0 Å². The molecule has 0 atom stereocenters. The van der Waals surface area contributed by atoms with Crippen molar-refractivity contribution in [2.24, 2.45) is 0 Å². The van der Waals surface area contributed by atoms with Gasteiger partial charge in [0.05, 0.1) is 0 Å². The molecule has 1 saturated heterocycles. The van der Waals surface area contributed by atoms with Crippen molar-refractivity contribution in [3.63, 3.8) is 0 Å². The van der Waals surface area contributed by atoms with E-state index in [2.05, 4.69) is 22.8 Å². The Balaban J connectivity index is 1.66. The van der Waals surface area contributed by atoms with Gasteiger partial charge in [0.15, 0.2) is 0 Å². The molecule has 2 heterocycles. The number of urea groups is 1. The molecule has 4 heteroatoms. The molecule has 0 radical (unpaired) electrons. The second-order valence-electron chi connectivity index (χ2n) is 5.06. The number of hydrogen-bond donors (Lipinski definition) is 2. The second-order valence-corrected chi connectivity index (χ2v) is 5.06. The van der Waals surface area contributed by atoms with Crippen LogP contribution in [0.25, 0.3) is 0 Å². The predicted octanol–water partition coefficient (Wildman–Crippen LogP) is 2.31. The Morgan fingerprint density at radius 1 is 1.11 bits per heavy atom. The third-order valence-electron chi connectivity index (χ3n) is 3.73. The SMILES string of the molecule is O=C(Nc1ccc2c(c1)CNC2)N1CCCCC1. The van der Waals surface area contributed by atoms with Gasteiger partial charge in [0, 0.05) is 31.9 Å². The van der Waals surface area contributed by atoms with E-state index in [0.717, 1.165) is 44.7 Å². The molecular formula is C14H19N3O. The Hall–Kier alpha value is -1.55. The standard InChI is InChI=1S/C14H19N3O/c18-14(17-6-2-1-3-7-17)16-13-5-4-11-9-15-10-12(11)8-13/h4-5,8,15H,1-3,6-7,9-10H2,(H,16,18). The molecule has 0 saturated carbocycles. The number of fused-ring (bicyclic) bond motifs is 1. The summed E-state index contributed by atoms with van der Waals surface area (Å²) >= 11 is 0. The van der Waals surface area contributed by atoms with Crippen molar-refractivity contribution >= 4 is 11.7 Å². The van der Waals surface area contributed by atoms with Crippen LogP contribution in [-0.2, 0) is 13.1 Å². The van der Waals surface area contributed by atoms with Crippen molar-refractivity contribution in [1.82, 2.24) is 10.2 Å². The average molecular weight is 245 g/mol. The number of carbonyl (C=O) groups excluding carboxylic acids is 1. The van der Waals surface area contributed by atoms with Gasteiger partial charge in [0.25, 0.3) is 0 Å². The van der Waals surface area contributed by atoms with Crippen LogP contribution in [-0.4, -0.2) is 24.0 Å². The summed E-state index contributed by atoms with van der Waals surface area (Å²) in [7, 11) is 0. The van der Waals surface area contributed by atoms with Crippen LogP contribution in [0.15, 0.2) is 18.2 Å². The van der Waals surface area contributed by atoms with E-state index < -0.39 is 0 Å². The van der Waals surface area contributed by atoms with E-state index in [-0.39, 0.29) is 6.03 Å². The highest BCUT2D eigenvalue weighted by Gasteiger charge is 2.17. The molecule has 3 rings (SSSR count). The molecule has 2 amide bonds. The van der Waals surface area contributed by atoms with Crippen LogP contribution < -0.4 is 10.6 Å². The summed E-state index contributed by atoms with van der Waals surface area (Å²) in [6, 6.07) is 6.21. The van der Waals surface area contributed by atoms with Gasteiger partial charge in [0.2, 0.25) is 0 Å². The summed E-state index contributed by atoms with van der Waals surface area (Å²) < 4.78 is 0. The monoisotopic (exact) mass is 245 g/mol. The van der Waals surface area contributed by atoms with Gasteiger partial charge in [0.1, 0.15) is 0 Å². The van der Waals surface area contributed by atoms with E-state index in [1.165, 1.54) is 17.5 Å². The van der Waals surface area contributed by atoms with Gasteiger partial charge >= 0.3 is 6.03 Å². The van der Waals surface area contributed by atoms with Crippen molar-refractivity contribution in [1.29, 1.82) is 0 Å². The summed E-state index contributed by atoms with van der Waals surface area (Å²) in [6.07, 6.45) is 3.50. The van der Waals surface area contributed by atoms with Crippen LogP contribution in [0.3, 0.4) is 0 Å². The lowest BCUT2D eigenvalue weighted by Gasteiger charge is -2.26. The number of nitrogens with one attached hydrogen (secondary N) is 2. The zero-order chi connectivity index (χ0) is 12.4. The first-order valence-electron chi connectivity index (χ1n) is 6.71. The fourth-order valence-electron chi connectivity index (χ4n) is 2.67. The Kier molecular flexibility index (Phi) is 3.19. The number of hydrogen-bond acceptors (Lipinski definition) is 2. The summed E-state index contributed by atoms with van der Waals surface area (Å²) in [5, 5.41) is 6.31. The van der Waals surface area contributed by atoms with Gasteiger partial charge in [-0.3, -0.25) is 0 Å². The van der Waals surface area contributed by atoms with E-state index in [9.17, 15) is 4.79 Å². The van der Waals surface area contributed by atoms with E-state index in [1.54, 1.807) is 0 Å². The smallest absolute Gasteiger partial charge is 0.321 e. The first-order valence-corrected chi connectivity index (χ1v) is 6.71. The highest BCUT2D eigenvalue weighted by molar-refractivity contribution is 5.89. The third kappa shape index (κ3) is 2.34. The Bertz CT molecular complexity index is 452. The first-order chi connectivity index (χ1) is 8.83. The summed E-state index contributed by atoms with van der Waals surface area (Å²) in [5.74, 6) is 0. The summed E-state index contributed by atoms with van der Waals surface area (Å²) in [4.78, 5) is 14.0. The van der Waals surface area contributed by atoms with Crippen LogP contribution in [0.2, 0.25) is 0 Å². The normalized spacial score (nSPS) is 18.6. The number of nitrogens with zero attached hydrogens (tertiary/aromatic N) is 1. The van der Waals surface area contributed by atoms with Gasteiger partial charge in [-0.25, -0.2) is 4.79 Å². The molecule has 0 spiro atoms. The predicted molar refractivity (Wildman–Crippen MR) is 71.4 cm³/mol. The minimum Gasteiger partial charge on any atom is -0.325 e. The molecule has 1 aromatic rings. The lowest BCUT2D eigenvalue weighted by molar-refractivity contribution is 0.200. The van der Waals surface area contributed by atoms with Crippen molar-refractivity contribution in [3.05, 3.63) is 29.3 Å². The largest absolute Gasteiger partial charge is 0.325 e. The number of benzene rings is 1. The molecule has 2 aliphatic heterocycles. The maximum absolute atomic E-state index is 12.1. The Morgan fingerprint density at radius 3 is 2.72 bits per heavy atom. The van der Waals surface area contributed by atoms with Crippen LogP contribution in [0.1, 0.15) is 30.4 Å². The number of amides is 2. The minimum absolute atomic E-state index is 0.0422. The summed E-state index contributed by atoms with van der Waals surface area (Å²) in [5.41, 5.74) is 3.55. The van der Waals surface area contributed by atoms with Crippen molar-refractivity contribution in [3.8, 4) is 0 Å². The van der Waals surface area contributed by atoms with Crippen LogP contribution in [0, 0.1) is 0 Å². The summed E-state index contributed by atoms with van der Waals surface area (Å²) in [6.45, 7) is 3.62. The van der Waals surface area contributed by atoms with Crippen molar-refractivity contribution < 1.29 is 4.79 Å². The molecule has 4 nitrogen and oxygen atoms in total. The fraction of sp³-hybridized carbons (Fsp3) is 0.500. The van der Waals surface area contributed by atoms with E-state index in [4.69, 9.17) is 0 Å². The maximum Gasteiger partial charge on any atom is 0.321 e. The molecule has 1 aromatic carbocycles. The Morgan fingerprint density at radius 2 is 1.89 bits per heavy atom. The van der Waals surface area contributed by atoms with Gasteiger partial charge in [-0.15, -0.1) is 0 Å². The van der Waals surface area contributed by atoms with Gasteiger partial charge in [-0.1, -0.05) is 6.07 Å². The number of piperidine rings is 1. The molecule has 96 valence electrons. The molecule has 18 heavy (non-hydrogen) atoms. The molecule has 0 bridgehead atoms. The van der Waals surface area contributed by atoms with Crippen molar-refractivity contribution in [2.75, 3.05) is 18.4 Å². The maximum atomic E-state index is 12.1. The topological polar surface area (TPSA) is 44.4 Å². The van der Waals surface area contributed by atoms with Crippen LogP contribution in [0.4, 0.5) is 10.5 Å². The average Bonchev–Trinajstić information content (AvgIpc) is 2.87. The highest BCUT2D eigenvalue weighted by atomic mass is 16.2. The van der Waals surface area contributed by atoms with Gasteiger partial charge < -0.3 is 15.5 Å². The molecular weight excluding hydrogens is 226 g/mol. The number of rotatable bonds is 1. The molecule has 0 unspecified atom stereocenters. The minimum atomic E-state index is 0.0422. The third-order valence-corrected chi connectivity index (χ3v) is 3.73. The highest BCUT2D eigenvalue weighted by Crippen LogP contribution is 2.20. The lowest BCUT2D eigenvalue weighted by Crippen LogP contribution is -2.38. The molecule has 1 fully saturated rings. The molecule has 2 N–H and O–H groups in total. The lowest BCUT2D eigenvalue weighted by atomic mass is 10.1. The van der Waals surface area contributed by atoms with Gasteiger partial charge in [-0.05, 0) is 42.5 Å². The van der Waals surface area contributed by atoms with Crippen LogP contribution >= 0.6 is 0 Å². The van der Waals surface area contributed by atoms with E-state index >= 15 is 0 Å². The molecule has 0 aromatic heterocycles. The fourth-order valence-corrected chi connectivity index (χ4v) is 2.67. The first kappa shape index (κ1) is 11.5. The number of carbonyl (C=O) groups is 1. The second kappa shape index (κ2) is 4.98. The number of likely N-dealkylation sites (tertiary alicyclic amines) is 1. The molecule has 0 aliphatic carbocycles. The molecule has 2 aliphatic rings.